The zero-order valence-corrected chi connectivity index (χ0v) is 18.4. The van der Waals surface area contributed by atoms with E-state index in [4.69, 9.17) is 4.98 Å². The second-order valence-corrected chi connectivity index (χ2v) is 9.60. The molecule has 3 aromatic rings. The third kappa shape index (κ3) is 3.83. The minimum atomic E-state index is 0.0334. The molecule has 5 rings (SSSR count). The molecule has 2 aliphatic rings. The summed E-state index contributed by atoms with van der Waals surface area (Å²) in [5, 5.41) is 4.43. The number of thiazole rings is 1. The van der Waals surface area contributed by atoms with Crippen LogP contribution in [0.15, 0.2) is 42.5 Å². The highest BCUT2D eigenvalue weighted by atomic mass is 32.1. The van der Waals surface area contributed by atoms with Crippen LogP contribution in [0, 0.1) is 5.92 Å². The van der Waals surface area contributed by atoms with E-state index in [2.05, 4.69) is 59.6 Å². The van der Waals surface area contributed by atoms with Gasteiger partial charge >= 0.3 is 0 Å². The minimum Gasteiger partial charge on any atom is -0.349 e. The summed E-state index contributed by atoms with van der Waals surface area (Å²) in [6.07, 6.45) is 6.34. The van der Waals surface area contributed by atoms with Crippen LogP contribution in [0.2, 0.25) is 0 Å². The predicted octanol–water partition coefficient (Wildman–Crippen LogP) is 5.27. The third-order valence-electron chi connectivity index (χ3n) is 6.60. The number of aromatic nitrogens is 1. The van der Waals surface area contributed by atoms with Crippen LogP contribution >= 0.6 is 11.3 Å². The summed E-state index contributed by atoms with van der Waals surface area (Å²) in [7, 11) is 0. The fourth-order valence-electron chi connectivity index (χ4n) is 4.87. The van der Waals surface area contributed by atoms with Crippen molar-refractivity contribution >= 4 is 32.6 Å². The van der Waals surface area contributed by atoms with E-state index in [0.717, 1.165) is 62.3 Å². The molecule has 0 spiro atoms. The van der Waals surface area contributed by atoms with E-state index in [9.17, 15) is 4.79 Å². The van der Waals surface area contributed by atoms with E-state index in [0.29, 0.717) is 0 Å². The maximum absolute atomic E-state index is 13.2. The molecule has 1 aliphatic heterocycles. The fourth-order valence-corrected chi connectivity index (χ4v) is 5.93. The number of anilines is 1. The lowest BCUT2D eigenvalue weighted by Crippen LogP contribution is -2.44. The Bertz CT molecular complexity index is 1060. The first-order valence-electron chi connectivity index (χ1n) is 11.2. The quantitative estimate of drug-likeness (QED) is 0.627. The summed E-state index contributed by atoms with van der Waals surface area (Å²) >= 11 is 1.76. The molecule has 30 heavy (non-hydrogen) atoms. The third-order valence-corrected chi connectivity index (χ3v) is 7.68. The number of hydrogen-bond acceptors (Lipinski definition) is 4. The van der Waals surface area contributed by atoms with E-state index in [1.54, 1.807) is 11.3 Å². The Balaban J connectivity index is 1.29. The smallest absolute Gasteiger partial charge is 0.225 e. The van der Waals surface area contributed by atoms with Crippen molar-refractivity contribution in [3.8, 4) is 0 Å². The molecule has 1 N–H and O–H groups in total. The zero-order chi connectivity index (χ0) is 20.5. The van der Waals surface area contributed by atoms with Gasteiger partial charge in [-0.1, -0.05) is 48.6 Å². The van der Waals surface area contributed by atoms with Crippen molar-refractivity contribution in [3.05, 3.63) is 59.2 Å². The summed E-state index contributed by atoms with van der Waals surface area (Å²) < 4.78 is 1.25. The van der Waals surface area contributed by atoms with Crippen molar-refractivity contribution in [1.29, 1.82) is 0 Å². The van der Waals surface area contributed by atoms with Crippen LogP contribution in [0.5, 0.6) is 0 Å². The van der Waals surface area contributed by atoms with Gasteiger partial charge in [0.15, 0.2) is 5.13 Å². The number of piperidine rings is 1. The monoisotopic (exact) mass is 419 g/mol. The van der Waals surface area contributed by atoms with Gasteiger partial charge in [-0.3, -0.25) is 4.79 Å². The van der Waals surface area contributed by atoms with Crippen molar-refractivity contribution < 1.29 is 4.79 Å². The largest absolute Gasteiger partial charge is 0.349 e. The van der Waals surface area contributed by atoms with Crippen LogP contribution in [0.1, 0.15) is 55.3 Å². The minimum absolute atomic E-state index is 0.0334. The number of hydrogen-bond donors (Lipinski definition) is 1. The lowest BCUT2D eigenvalue weighted by atomic mass is 9.87. The molecule has 1 aromatic heterocycles. The number of carbonyl (C=O) groups excluding carboxylic acids is 1. The molecule has 5 heteroatoms. The zero-order valence-electron chi connectivity index (χ0n) is 17.6. The number of carbonyl (C=O) groups is 1. The Morgan fingerprint density at radius 1 is 1.20 bits per heavy atom. The van der Waals surface area contributed by atoms with Gasteiger partial charge in [-0.25, -0.2) is 4.98 Å². The molecule has 0 radical (unpaired) electrons. The first-order valence-corrected chi connectivity index (χ1v) is 12.1. The van der Waals surface area contributed by atoms with Crippen LogP contribution in [-0.4, -0.2) is 24.0 Å². The first kappa shape index (κ1) is 19.6. The van der Waals surface area contributed by atoms with E-state index < -0.39 is 0 Å². The molecule has 2 heterocycles. The summed E-state index contributed by atoms with van der Waals surface area (Å²) in [5.74, 6) is 0.238. The van der Waals surface area contributed by atoms with Gasteiger partial charge in [-0.15, -0.1) is 0 Å². The molecule has 1 aliphatic carbocycles. The molecule has 1 amide bonds. The molecule has 1 fully saturated rings. The van der Waals surface area contributed by atoms with Gasteiger partial charge in [-0.2, -0.15) is 0 Å². The molecule has 1 saturated heterocycles. The lowest BCUT2D eigenvalue weighted by molar-refractivity contribution is -0.126. The van der Waals surface area contributed by atoms with Gasteiger partial charge in [0.25, 0.3) is 0 Å². The van der Waals surface area contributed by atoms with Gasteiger partial charge in [0.1, 0.15) is 0 Å². The summed E-state index contributed by atoms with van der Waals surface area (Å²) in [6, 6.07) is 15.3. The standard InChI is InChI=1S/C25H29N3OS/c1-2-17-12-13-22-23(15-17)30-25(27-22)28-14-6-9-19(16-28)24(29)26-21-11-5-8-18-7-3-4-10-20(18)21/h3-4,7,10,12-13,15,19,21H,2,5-6,8-9,11,14,16H2,1H3,(H,26,29)/t19-,21-/m0/s1. The SMILES string of the molecule is CCc1ccc2nc(N3CCC[C@H](C(=O)N[C@H]4CCCc5ccccc54)C3)sc2c1. The number of rotatable bonds is 4. The predicted molar refractivity (Wildman–Crippen MR) is 124 cm³/mol. The Hall–Kier alpha value is -2.40. The van der Waals surface area contributed by atoms with Gasteiger partial charge in [0.05, 0.1) is 22.2 Å². The highest BCUT2D eigenvalue weighted by molar-refractivity contribution is 7.22. The Morgan fingerprint density at radius 3 is 3.00 bits per heavy atom. The Morgan fingerprint density at radius 2 is 2.10 bits per heavy atom. The number of nitrogens with zero attached hydrogens (tertiary/aromatic N) is 2. The van der Waals surface area contributed by atoms with E-state index in [-0.39, 0.29) is 17.9 Å². The average molecular weight is 420 g/mol. The van der Waals surface area contributed by atoms with Crippen molar-refractivity contribution in [3.63, 3.8) is 0 Å². The van der Waals surface area contributed by atoms with Crippen molar-refractivity contribution in [2.75, 3.05) is 18.0 Å². The van der Waals surface area contributed by atoms with Crippen molar-refractivity contribution in [2.24, 2.45) is 5.92 Å². The van der Waals surface area contributed by atoms with Gasteiger partial charge in [0, 0.05) is 13.1 Å². The maximum atomic E-state index is 13.2. The molecular formula is C25H29N3OS. The molecule has 0 unspecified atom stereocenters. The van der Waals surface area contributed by atoms with Crippen molar-refractivity contribution in [1.82, 2.24) is 10.3 Å². The van der Waals surface area contributed by atoms with Crippen molar-refractivity contribution in [2.45, 2.75) is 51.5 Å². The topological polar surface area (TPSA) is 45.2 Å². The van der Waals surface area contributed by atoms with Gasteiger partial charge in [0.2, 0.25) is 5.91 Å². The van der Waals surface area contributed by atoms with Crippen LogP contribution in [0.25, 0.3) is 10.2 Å². The van der Waals surface area contributed by atoms with E-state index >= 15 is 0 Å². The summed E-state index contributed by atoms with van der Waals surface area (Å²) in [6.45, 7) is 3.93. The maximum Gasteiger partial charge on any atom is 0.225 e. The summed E-state index contributed by atoms with van der Waals surface area (Å²) in [5.41, 5.74) is 5.11. The van der Waals surface area contributed by atoms with Gasteiger partial charge in [-0.05, 0) is 67.3 Å². The highest BCUT2D eigenvalue weighted by Gasteiger charge is 2.30. The number of benzene rings is 2. The van der Waals surface area contributed by atoms with E-state index in [1.165, 1.54) is 21.4 Å². The van der Waals surface area contributed by atoms with Crippen LogP contribution in [0.4, 0.5) is 5.13 Å². The second-order valence-electron chi connectivity index (χ2n) is 8.59. The number of nitrogens with one attached hydrogen (secondary N) is 1. The normalized spacial score (nSPS) is 21.4. The summed E-state index contributed by atoms with van der Waals surface area (Å²) in [4.78, 5) is 20.3. The second kappa shape index (κ2) is 8.38. The molecule has 4 nitrogen and oxygen atoms in total. The molecule has 2 aromatic carbocycles. The number of aryl methyl sites for hydroxylation is 2. The fraction of sp³-hybridized carbons (Fsp3) is 0.440. The molecule has 2 atom stereocenters. The van der Waals surface area contributed by atoms with Crippen LogP contribution in [-0.2, 0) is 17.6 Å². The lowest BCUT2D eigenvalue weighted by Gasteiger charge is -2.33. The van der Waals surface area contributed by atoms with Gasteiger partial charge < -0.3 is 10.2 Å². The first-order chi connectivity index (χ1) is 14.7. The molecule has 0 saturated carbocycles. The van der Waals surface area contributed by atoms with Crippen LogP contribution < -0.4 is 10.2 Å². The van der Waals surface area contributed by atoms with E-state index in [1.807, 2.05) is 0 Å². The number of amides is 1. The Kier molecular flexibility index (Phi) is 5.47. The number of fused-ring (bicyclic) bond motifs is 2. The molecule has 0 bridgehead atoms. The average Bonchev–Trinajstić information content (AvgIpc) is 3.23. The Labute approximate surface area is 182 Å². The molecule has 156 valence electrons. The molecular weight excluding hydrogens is 390 g/mol. The highest BCUT2D eigenvalue weighted by Crippen LogP contribution is 2.33. The van der Waals surface area contributed by atoms with Crippen LogP contribution in [0.3, 0.4) is 0 Å².